The minimum atomic E-state index is -4.70. The molecule has 11 nitrogen and oxygen atoms in total. The maximum atomic E-state index is 12.6. The van der Waals surface area contributed by atoms with E-state index in [2.05, 4.69) is 18.4 Å². The molecule has 0 aliphatic heterocycles. The summed E-state index contributed by atoms with van der Waals surface area (Å²) in [5.41, 5.74) is 5.32. The Morgan fingerprint density at radius 2 is 0.863 bits per heavy atom. The van der Waals surface area contributed by atoms with Crippen molar-refractivity contribution in [3.05, 3.63) is 0 Å². The standard InChI is InChI=1S/C39H76NO10P/c1-3-5-7-9-11-13-15-16-17-18-19-20-21-23-25-27-29-31-38(42)50-35(33-48-51(45,46)49-34-36(40)39(43)44)32-47-37(41)30-28-26-24-22-14-12-10-8-6-4-2/h35-36H,3-34,40H2,1-2H3,(H,43,44)(H,45,46). The Morgan fingerprint density at radius 3 is 1.24 bits per heavy atom. The Kier molecular flexibility index (Phi) is 34.4. The van der Waals surface area contributed by atoms with Crippen LogP contribution in [0.2, 0.25) is 0 Å². The van der Waals surface area contributed by atoms with E-state index in [1.165, 1.54) is 122 Å². The van der Waals surface area contributed by atoms with Gasteiger partial charge in [-0.05, 0) is 12.8 Å². The molecule has 4 N–H and O–H groups in total. The van der Waals surface area contributed by atoms with Crippen LogP contribution in [0, 0.1) is 0 Å². The molecule has 0 aliphatic carbocycles. The summed E-state index contributed by atoms with van der Waals surface area (Å²) < 4.78 is 32.6. The molecular formula is C39H76NO10P. The number of carboxylic acid groups (broad SMARTS) is 1. The van der Waals surface area contributed by atoms with E-state index in [0.29, 0.717) is 12.8 Å². The zero-order valence-corrected chi connectivity index (χ0v) is 33.4. The number of esters is 2. The number of phosphoric acid groups is 1. The van der Waals surface area contributed by atoms with Crippen molar-refractivity contribution in [3.63, 3.8) is 0 Å². The fourth-order valence-corrected chi connectivity index (χ4v) is 6.61. The highest BCUT2D eigenvalue weighted by Crippen LogP contribution is 2.43. The lowest BCUT2D eigenvalue weighted by Crippen LogP contribution is -2.34. The summed E-state index contributed by atoms with van der Waals surface area (Å²) >= 11 is 0. The number of carbonyl (C=O) groups excluding carboxylic acids is 2. The maximum absolute atomic E-state index is 12.6. The van der Waals surface area contributed by atoms with Gasteiger partial charge in [-0.1, -0.05) is 174 Å². The predicted molar refractivity (Wildman–Crippen MR) is 203 cm³/mol. The molecule has 12 heteroatoms. The molecule has 0 radical (unpaired) electrons. The summed E-state index contributed by atoms with van der Waals surface area (Å²) in [4.78, 5) is 45.8. The first kappa shape index (κ1) is 49.5. The molecule has 3 atom stereocenters. The first-order valence-electron chi connectivity index (χ1n) is 20.6. The zero-order valence-electron chi connectivity index (χ0n) is 32.5. The maximum Gasteiger partial charge on any atom is 0.472 e. The molecule has 51 heavy (non-hydrogen) atoms. The second-order valence-electron chi connectivity index (χ2n) is 14.1. The second kappa shape index (κ2) is 35.5. The third-order valence-corrected chi connectivity index (χ3v) is 10.1. The highest BCUT2D eigenvalue weighted by molar-refractivity contribution is 7.47. The van der Waals surface area contributed by atoms with E-state index in [9.17, 15) is 23.8 Å². The van der Waals surface area contributed by atoms with E-state index in [1.807, 2.05) is 0 Å². The van der Waals surface area contributed by atoms with E-state index < -0.39 is 51.1 Å². The van der Waals surface area contributed by atoms with Crippen molar-refractivity contribution >= 4 is 25.7 Å². The largest absolute Gasteiger partial charge is 0.480 e. The Morgan fingerprint density at radius 1 is 0.529 bits per heavy atom. The molecule has 0 heterocycles. The predicted octanol–water partition coefficient (Wildman–Crippen LogP) is 10.3. The number of aliphatic carboxylic acids is 1. The summed E-state index contributed by atoms with van der Waals surface area (Å²) in [6, 6.07) is -1.51. The lowest BCUT2D eigenvalue weighted by Gasteiger charge is -2.20. The van der Waals surface area contributed by atoms with Gasteiger partial charge >= 0.3 is 25.7 Å². The van der Waals surface area contributed by atoms with Crippen LogP contribution < -0.4 is 5.73 Å². The van der Waals surface area contributed by atoms with Gasteiger partial charge in [-0.2, -0.15) is 0 Å². The van der Waals surface area contributed by atoms with Crippen molar-refractivity contribution in [1.29, 1.82) is 0 Å². The molecule has 0 saturated carbocycles. The molecule has 0 fully saturated rings. The van der Waals surface area contributed by atoms with Crippen molar-refractivity contribution in [2.45, 2.75) is 212 Å². The first-order chi connectivity index (χ1) is 24.6. The van der Waals surface area contributed by atoms with E-state index in [0.717, 1.165) is 38.5 Å². The topological polar surface area (TPSA) is 172 Å². The Hall–Kier alpha value is -1.52. The molecule has 0 bridgehead atoms. The van der Waals surface area contributed by atoms with Crippen molar-refractivity contribution < 1.29 is 47.5 Å². The van der Waals surface area contributed by atoms with Crippen molar-refractivity contribution in [3.8, 4) is 0 Å². The van der Waals surface area contributed by atoms with E-state index >= 15 is 0 Å². The van der Waals surface area contributed by atoms with Gasteiger partial charge < -0.3 is 25.2 Å². The Bertz CT molecular complexity index is 890. The van der Waals surface area contributed by atoms with Crippen molar-refractivity contribution in [1.82, 2.24) is 0 Å². The van der Waals surface area contributed by atoms with Gasteiger partial charge in [0.1, 0.15) is 12.6 Å². The van der Waals surface area contributed by atoms with Crippen molar-refractivity contribution in [2.24, 2.45) is 5.73 Å². The quantitative estimate of drug-likeness (QED) is 0.0310. The average Bonchev–Trinajstić information content (AvgIpc) is 3.10. The number of rotatable bonds is 39. The lowest BCUT2D eigenvalue weighted by atomic mass is 10.0. The van der Waals surface area contributed by atoms with Crippen LogP contribution in [0.15, 0.2) is 0 Å². The molecule has 0 aromatic carbocycles. The molecule has 0 rings (SSSR count). The minimum Gasteiger partial charge on any atom is -0.480 e. The lowest BCUT2D eigenvalue weighted by molar-refractivity contribution is -0.161. The van der Waals surface area contributed by atoms with Gasteiger partial charge in [0.25, 0.3) is 0 Å². The van der Waals surface area contributed by atoms with E-state index in [-0.39, 0.29) is 19.4 Å². The second-order valence-corrected chi connectivity index (χ2v) is 15.6. The van der Waals surface area contributed by atoms with Crippen LogP contribution in [0.5, 0.6) is 0 Å². The molecule has 0 saturated heterocycles. The highest BCUT2D eigenvalue weighted by atomic mass is 31.2. The van der Waals surface area contributed by atoms with Crippen LogP contribution >= 0.6 is 7.82 Å². The normalized spacial score (nSPS) is 13.8. The van der Waals surface area contributed by atoms with Crippen LogP contribution in [0.25, 0.3) is 0 Å². The molecular weight excluding hydrogens is 673 g/mol. The van der Waals surface area contributed by atoms with Gasteiger partial charge in [0.05, 0.1) is 13.2 Å². The number of unbranched alkanes of at least 4 members (excludes halogenated alkanes) is 25. The number of carbonyl (C=O) groups is 3. The molecule has 0 aromatic rings. The average molecular weight is 750 g/mol. The molecule has 302 valence electrons. The van der Waals surface area contributed by atoms with Crippen LogP contribution in [-0.2, 0) is 37.5 Å². The zero-order chi connectivity index (χ0) is 37.8. The number of hydrogen-bond acceptors (Lipinski definition) is 9. The molecule has 0 aliphatic rings. The fraction of sp³-hybridized carbons (Fsp3) is 0.923. The summed E-state index contributed by atoms with van der Waals surface area (Å²) in [5, 5.41) is 8.86. The monoisotopic (exact) mass is 750 g/mol. The summed E-state index contributed by atoms with van der Waals surface area (Å²) in [7, 11) is -4.70. The summed E-state index contributed by atoms with van der Waals surface area (Å²) in [6.45, 7) is 2.80. The first-order valence-corrected chi connectivity index (χ1v) is 22.1. The van der Waals surface area contributed by atoms with Gasteiger partial charge in [0.2, 0.25) is 0 Å². The van der Waals surface area contributed by atoms with Gasteiger partial charge in [-0.25, -0.2) is 4.57 Å². The molecule has 3 unspecified atom stereocenters. The third kappa shape index (κ3) is 35.3. The smallest absolute Gasteiger partial charge is 0.472 e. The number of nitrogens with two attached hydrogens (primary N) is 1. The SMILES string of the molecule is CCCCCCCCCCCCCCCCCCCC(=O)OC(COC(=O)CCCCCCCCCCCC)COP(=O)(O)OCC(N)C(=O)O. The number of phosphoric ester groups is 1. The molecule has 0 spiro atoms. The molecule has 0 amide bonds. The highest BCUT2D eigenvalue weighted by Gasteiger charge is 2.28. The fourth-order valence-electron chi connectivity index (χ4n) is 5.83. The van der Waals surface area contributed by atoms with Crippen molar-refractivity contribution in [2.75, 3.05) is 19.8 Å². The summed E-state index contributed by atoms with van der Waals surface area (Å²) in [5.74, 6) is -2.36. The third-order valence-electron chi connectivity index (χ3n) is 9.11. The number of carboxylic acids is 1. The Labute approximate surface area is 310 Å². The van der Waals surface area contributed by atoms with E-state index in [1.54, 1.807) is 0 Å². The van der Waals surface area contributed by atoms with Gasteiger partial charge in [-0.3, -0.25) is 23.4 Å². The number of ether oxygens (including phenoxy) is 2. The Balaban J connectivity index is 4.32. The minimum absolute atomic E-state index is 0.169. The number of hydrogen-bond donors (Lipinski definition) is 3. The van der Waals surface area contributed by atoms with E-state index in [4.69, 9.17) is 24.8 Å². The van der Waals surface area contributed by atoms with Crippen LogP contribution in [0.4, 0.5) is 0 Å². The van der Waals surface area contributed by atoms with Crippen LogP contribution in [0.1, 0.15) is 200 Å². The van der Waals surface area contributed by atoms with Crippen LogP contribution in [-0.4, -0.2) is 59.9 Å². The van der Waals surface area contributed by atoms with Gasteiger partial charge in [0, 0.05) is 12.8 Å². The van der Waals surface area contributed by atoms with Gasteiger partial charge in [-0.15, -0.1) is 0 Å². The van der Waals surface area contributed by atoms with Crippen LogP contribution in [0.3, 0.4) is 0 Å². The molecule has 0 aromatic heterocycles. The van der Waals surface area contributed by atoms with Gasteiger partial charge in [0.15, 0.2) is 6.10 Å². The summed E-state index contributed by atoms with van der Waals surface area (Å²) in [6.07, 6.45) is 31.7.